The molecule has 2 heterocycles. The molecule has 0 radical (unpaired) electrons. The fourth-order valence-electron chi connectivity index (χ4n) is 4.05. The van der Waals surface area contributed by atoms with Gasteiger partial charge in [0.1, 0.15) is 5.76 Å². The number of rotatable bonds is 3. The van der Waals surface area contributed by atoms with Crippen LogP contribution < -0.4 is 0 Å². The van der Waals surface area contributed by atoms with E-state index < -0.39 is 0 Å². The van der Waals surface area contributed by atoms with E-state index in [2.05, 4.69) is 10.1 Å². The lowest BCUT2D eigenvalue weighted by atomic mass is 9.87. The van der Waals surface area contributed by atoms with E-state index in [0.717, 1.165) is 31.0 Å². The predicted octanol–water partition coefficient (Wildman–Crippen LogP) is 2.81. The summed E-state index contributed by atoms with van der Waals surface area (Å²) in [5.41, 5.74) is 2.25. The second kappa shape index (κ2) is 5.86. The van der Waals surface area contributed by atoms with Crippen molar-refractivity contribution >= 4 is 0 Å². The van der Waals surface area contributed by atoms with E-state index >= 15 is 0 Å². The zero-order valence-corrected chi connectivity index (χ0v) is 12.6. The molecule has 1 aliphatic carbocycles. The van der Waals surface area contributed by atoms with Gasteiger partial charge in [-0.3, -0.25) is 4.90 Å². The minimum atomic E-state index is -0.0923. The van der Waals surface area contributed by atoms with Crippen LogP contribution in [0.5, 0.6) is 0 Å². The van der Waals surface area contributed by atoms with Crippen molar-refractivity contribution in [3.05, 3.63) is 17.0 Å². The van der Waals surface area contributed by atoms with E-state index in [1.807, 2.05) is 13.8 Å². The van der Waals surface area contributed by atoms with Crippen LogP contribution in [0.1, 0.15) is 55.5 Å². The van der Waals surface area contributed by atoms with Crippen LogP contribution in [0.3, 0.4) is 0 Å². The van der Waals surface area contributed by atoms with Crippen LogP contribution in [0.2, 0.25) is 0 Å². The monoisotopic (exact) mass is 278 g/mol. The highest BCUT2D eigenvalue weighted by molar-refractivity contribution is 5.20. The van der Waals surface area contributed by atoms with E-state index in [1.165, 1.54) is 37.7 Å². The van der Waals surface area contributed by atoms with Crippen LogP contribution in [0, 0.1) is 19.8 Å². The number of aryl methyl sites for hydroxylation is 2. The van der Waals surface area contributed by atoms with Crippen molar-refractivity contribution in [3.63, 3.8) is 0 Å². The molecule has 1 N–H and O–H groups in total. The SMILES string of the molecule is Cc1noc(C)c1CN1CCCCC1C1CCCC1O. The van der Waals surface area contributed by atoms with Crippen molar-refractivity contribution in [2.45, 2.75) is 71.1 Å². The number of piperidine rings is 1. The first-order chi connectivity index (χ1) is 9.66. The highest BCUT2D eigenvalue weighted by atomic mass is 16.5. The van der Waals surface area contributed by atoms with Gasteiger partial charge in [-0.25, -0.2) is 0 Å². The number of hydrogen-bond acceptors (Lipinski definition) is 4. The van der Waals surface area contributed by atoms with E-state index in [-0.39, 0.29) is 6.10 Å². The summed E-state index contributed by atoms with van der Waals surface area (Å²) in [6, 6.07) is 0.537. The Kier molecular flexibility index (Phi) is 4.13. The van der Waals surface area contributed by atoms with E-state index in [9.17, 15) is 5.11 Å². The summed E-state index contributed by atoms with van der Waals surface area (Å²) in [6.07, 6.45) is 7.05. The van der Waals surface area contributed by atoms with Gasteiger partial charge in [0.15, 0.2) is 0 Å². The molecule has 1 saturated heterocycles. The van der Waals surface area contributed by atoms with Crippen molar-refractivity contribution in [2.75, 3.05) is 6.54 Å². The quantitative estimate of drug-likeness (QED) is 0.923. The Morgan fingerprint density at radius 2 is 2.05 bits per heavy atom. The van der Waals surface area contributed by atoms with Gasteiger partial charge < -0.3 is 9.63 Å². The van der Waals surface area contributed by atoms with E-state index in [1.54, 1.807) is 0 Å². The third kappa shape index (κ3) is 2.63. The molecular weight excluding hydrogens is 252 g/mol. The Balaban J connectivity index is 1.75. The van der Waals surface area contributed by atoms with Gasteiger partial charge in [-0.15, -0.1) is 0 Å². The van der Waals surface area contributed by atoms with Gasteiger partial charge >= 0.3 is 0 Å². The zero-order valence-electron chi connectivity index (χ0n) is 12.6. The fourth-order valence-corrected chi connectivity index (χ4v) is 4.05. The lowest BCUT2D eigenvalue weighted by molar-refractivity contribution is 0.0310. The largest absolute Gasteiger partial charge is 0.393 e. The molecule has 112 valence electrons. The number of nitrogens with zero attached hydrogens (tertiary/aromatic N) is 2. The normalized spacial score (nSPS) is 31.9. The summed E-state index contributed by atoms with van der Waals surface area (Å²) >= 11 is 0. The maximum absolute atomic E-state index is 10.2. The van der Waals surface area contributed by atoms with Gasteiger partial charge in [0.05, 0.1) is 11.8 Å². The van der Waals surface area contributed by atoms with Crippen LogP contribution in [0.25, 0.3) is 0 Å². The molecule has 1 aromatic rings. The average Bonchev–Trinajstić information content (AvgIpc) is 3.00. The Morgan fingerprint density at radius 3 is 2.70 bits per heavy atom. The van der Waals surface area contributed by atoms with Crippen LogP contribution in [0.4, 0.5) is 0 Å². The Bertz CT molecular complexity index is 438. The molecule has 2 fully saturated rings. The van der Waals surface area contributed by atoms with Gasteiger partial charge in [0.25, 0.3) is 0 Å². The molecule has 0 amide bonds. The van der Waals surface area contributed by atoms with Crippen LogP contribution in [-0.4, -0.2) is 33.9 Å². The topological polar surface area (TPSA) is 49.5 Å². The second-order valence-corrected chi connectivity index (χ2v) is 6.50. The van der Waals surface area contributed by atoms with Gasteiger partial charge in [-0.2, -0.15) is 0 Å². The molecule has 4 heteroatoms. The van der Waals surface area contributed by atoms with Crippen molar-refractivity contribution < 1.29 is 9.63 Å². The minimum Gasteiger partial charge on any atom is -0.393 e. The summed E-state index contributed by atoms with van der Waals surface area (Å²) in [7, 11) is 0. The Morgan fingerprint density at radius 1 is 1.20 bits per heavy atom. The summed E-state index contributed by atoms with van der Waals surface area (Å²) in [6.45, 7) is 6.08. The summed E-state index contributed by atoms with van der Waals surface area (Å²) in [5, 5.41) is 14.3. The van der Waals surface area contributed by atoms with Gasteiger partial charge in [0, 0.05) is 24.1 Å². The molecular formula is C16H26N2O2. The van der Waals surface area contributed by atoms with Gasteiger partial charge in [-0.1, -0.05) is 18.0 Å². The molecule has 2 aliphatic rings. The van der Waals surface area contributed by atoms with Gasteiger partial charge in [-0.05, 0) is 46.1 Å². The van der Waals surface area contributed by atoms with E-state index in [0.29, 0.717) is 12.0 Å². The molecule has 0 aromatic carbocycles. The summed E-state index contributed by atoms with van der Waals surface area (Å²) in [5.74, 6) is 1.41. The fraction of sp³-hybridized carbons (Fsp3) is 0.812. The smallest absolute Gasteiger partial charge is 0.138 e. The standard InChI is InChI=1S/C16H26N2O2/c1-11-14(12(2)20-17-11)10-18-9-4-3-7-15(18)13-6-5-8-16(13)19/h13,15-16,19H,3-10H2,1-2H3. The third-order valence-corrected chi connectivity index (χ3v) is 5.23. The molecule has 3 unspecified atom stereocenters. The van der Waals surface area contributed by atoms with Gasteiger partial charge in [0.2, 0.25) is 0 Å². The zero-order chi connectivity index (χ0) is 14.1. The number of aliphatic hydroxyl groups is 1. The van der Waals surface area contributed by atoms with Crippen molar-refractivity contribution in [2.24, 2.45) is 5.92 Å². The number of likely N-dealkylation sites (tertiary alicyclic amines) is 1. The summed E-state index contributed by atoms with van der Waals surface area (Å²) < 4.78 is 5.29. The first-order valence-corrected chi connectivity index (χ1v) is 8.00. The van der Waals surface area contributed by atoms with Crippen molar-refractivity contribution in [1.82, 2.24) is 10.1 Å². The minimum absolute atomic E-state index is 0.0923. The summed E-state index contributed by atoms with van der Waals surface area (Å²) in [4.78, 5) is 2.56. The molecule has 0 spiro atoms. The van der Waals surface area contributed by atoms with Crippen LogP contribution >= 0.6 is 0 Å². The Labute approximate surface area is 121 Å². The molecule has 3 rings (SSSR count). The highest BCUT2D eigenvalue weighted by Crippen LogP contribution is 2.36. The lowest BCUT2D eigenvalue weighted by Crippen LogP contribution is -2.45. The molecule has 3 atom stereocenters. The first-order valence-electron chi connectivity index (χ1n) is 8.00. The average molecular weight is 278 g/mol. The van der Waals surface area contributed by atoms with Crippen molar-refractivity contribution in [3.8, 4) is 0 Å². The third-order valence-electron chi connectivity index (χ3n) is 5.23. The molecule has 1 aliphatic heterocycles. The number of aliphatic hydroxyl groups excluding tert-OH is 1. The molecule has 1 aromatic heterocycles. The maximum Gasteiger partial charge on any atom is 0.138 e. The molecule has 4 nitrogen and oxygen atoms in total. The molecule has 1 saturated carbocycles. The highest BCUT2D eigenvalue weighted by Gasteiger charge is 2.37. The van der Waals surface area contributed by atoms with Crippen LogP contribution in [-0.2, 0) is 6.54 Å². The number of aromatic nitrogens is 1. The Hall–Kier alpha value is -0.870. The van der Waals surface area contributed by atoms with E-state index in [4.69, 9.17) is 4.52 Å². The second-order valence-electron chi connectivity index (χ2n) is 6.50. The maximum atomic E-state index is 10.2. The predicted molar refractivity (Wildman–Crippen MR) is 77.4 cm³/mol. The van der Waals surface area contributed by atoms with Crippen LogP contribution in [0.15, 0.2) is 4.52 Å². The van der Waals surface area contributed by atoms with Crippen molar-refractivity contribution in [1.29, 1.82) is 0 Å². The molecule has 20 heavy (non-hydrogen) atoms. The molecule has 0 bridgehead atoms. The number of hydrogen-bond donors (Lipinski definition) is 1. The first kappa shape index (κ1) is 14.1. The lowest BCUT2D eigenvalue weighted by Gasteiger charge is -2.40.